The topological polar surface area (TPSA) is 105 Å². The van der Waals surface area contributed by atoms with Gasteiger partial charge in [-0.3, -0.25) is 9.36 Å². The van der Waals surface area contributed by atoms with E-state index in [9.17, 15) is 4.79 Å². The highest BCUT2D eigenvalue weighted by atomic mass is 16.4. The van der Waals surface area contributed by atoms with Gasteiger partial charge in [0.25, 0.3) is 11.4 Å². The molecule has 0 amide bonds. The fraction of sp³-hybridized carbons (Fsp3) is 0.217. The van der Waals surface area contributed by atoms with Crippen molar-refractivity contribution in [3.8, 4) is 23.1 Å². The van der Waals surface area contributed by atoms with E-state index in [4.69, 9.17) is 4.42 Å². The third kappa shape index (κ3) is 3.09. The summed E-state index contributed by atoms with van der Waals surface area (Å²) in [6.45, 7) is 3.72. The molecular weight excluding hydrogens is 406 g/mol. The van der Waals surface area contributed by atoms with Gasteiger partial charge in [-0.05, 0) is 49.6 Å². The predicted octanol–water partition coefficient (Wildman–Crippen LogP) is 3.51. The second-order valence-electron chi connectivity index (χ2n) is 8.06. The van der Waals surface area contributed by atoms with Crippen LogP contribution >= 0.6 is 0 Å². The summed E-state index contributed by atoms with van der Waals surface area (Å²) in [6, 6.07) is 9.10. The van der Waals surface area contributed by atoms with E-state index in [1.54, 1.807) is 25.1 Å². The minimum Gasteiger partial charge on any atom is -0.420 e. The third-order valence-electron chi connectivity index (χ3n) is 5.68. The summed E-state index contributed by atoms with van der Waals surface area (Å²) in [5.41, 5.74) is 3.96. The summed E-state index contributed by atoms with van der Waals surface area (Å²) < 4.78 is 8.88. The molecule has 4 heterocycles. The van der Waals surface area contributed by atoms with E-state index in [1.165, 1.54) is 23.7 Å². The van der Waals surface area contributed by atoms with Crippen molar-refractivity contribution in [2.75, 3.05) is 0 Å². The first-order chi connectivity index (χ1) is 15.6. The molecule has 158 valence electrons. The Bertz CT molecular complexity index is 1540. The van der Waals surface area contributed by atoms with Gasteiger partial charge in [-0.2, -0.15) is 0 Å². The van der Waals surface area contributed by atoms with Crippen LogP contribution < -0.4 is 5.56 Å². The van der Waals surface area contributed by atoms with Crippen molar-refractivity contribution in [2.24, 2.45) is 0 Å². The van der Waals surface area contributed by atoms with Crippen LogP contribution in [-0.4, -0.2) is 34.3 Å². The quantitative estimate of drug-likeness (QED) is 0.434. The molecule has 0 spiro atoms. The van der Waals surface area contributed by atoms with Crippen LogP contribution in [0.4, 0.5) is 0 Å². The van der Waals surface area contributed by atoms with E-state index in [-0.39, 0.29) is 5.56 Å². The summed E-state index contributed by atoms with van der Waals surface area (Å²) in [4.78, 5) is 27.0. The van der Waals surface area contributed by atoms with Crippen molar-refractivity contribution >= 4 is 10.9 Å². The molecule has 4 aromatic heterocycles. The van der Waals surface area contributed by atoms with E-state index < -0.39 is 0 Å². The zero-order valence-corrected chi connectivity index (χ0v) is 17.6. The Morgan fingerprint density at radius 2 is 1.94 bits per heavy atom. The highest BCUT2D eigenvalue weighted by Gasteiger charge is 2.26. The van der Waals surface area contributed by atoms with Gasteiger partial charge in [0, 0.05) is 19.0 Å². The van der Waals surface area contributed by atoms with Crippen molar-refractivity contribution < 1.29 is 4.42 Å². The van der Waals surface area contributed by atoms with E-state index in [1.807, 2.05) is 30.0 Å². The molecular formula is C23H19N7O2. The molecule has 0 aliphatic heterocycles. The lowest BCUT2D eigenvalue weighted by atomic mass is 10.1. The Morgan fingerprint density at radius 1 is 1.06 bits per heavy atom. The van der Waals surface area contributed by atoms with Crippen LogP contribution in [0.5, 0.6) is 0 Å². The maximum Gasteiger partial charge on any atom is 0.267 e. The lowest BCUT2D eigenvalue weighted by Gasteiger charge is -2.10. The zero-order chi connectivity index (χ0) is 21.8. The molecule has 32 heavy (non-hydrogen) atoms. The van der Waals surface area contributed by atoms with Gasteiger partial charge in [-0.15, -0.1) is 10.2 Å². The van der Waals surface area contributed by atoms with Gasteiger partial charge in [0.05, 0.1) is 28.6 Å². The molecule has 0 atom stereocenters. The summed E-state index contributed by atoms with van der Waals surface area (Å²) in [6.07, 6.45) is 7.75. The van der Waals surface area contributed by atoms with E-state index in [2.05, 4.69) is 31.3 Å². The van der Waals surface area contributed by atoms with Gasteiger partial charge in [0.2, 0.25) is 5.89 Å². The van der Waals surface area contributed by atoms with Crippen molar-refractivity contribution in [2.45, 2.75) is 32.6 Å². The number of aromatic nitrogens is 7. The predicted molar refractivity (Wildman–Crippen MR) is 117 cm³/mol. The number of fused-ring (bicyclic) bond motifs is 1. The maximum atomic E-state index is 13.4. The van der Waals surface area contributed by atoms with Crippen molar-refractivity contribution in [1.82, 2.24) is 34.3 Å². The summed E-state index contributed by atoms with van der Waals surface area (Å²) >= 11 is 0. The van der Waals surface area contributed by atoms with E-state index >= 15 is 0 Å². The average Bonchev–Trinajstić information content (AvgIpc) is 3.36. The molecule has 0 radical (unpaired) electrons. The number of hydrogen-bond donors (Lipinski definition) is 0. The first-order valence-corrected chi connectivity index (χ1v) is 10.4. The summed E-state index contributed by atoms with van der Waals surface area (Å²) in [7, 11) is 0. The minimum absolute atomic E-state index is 0.204. The second-order valence-corrected chi connectivity index (χ2v) is 8.06. The average molecular weight is 425 g/mol. The Morgan fingerprint density at radius 3 is 2.72 bits per heavy atom. The monoisotopic (exact) mass is 425 g/mol. The highest BCUT2D eigenvalue weighted by Crippen LogP contribution is 2.39. The normalized spacial score (nSPS) is 13.7. The van der Waals surface area contributed by atoms with Gasteiger partial charge < -0.3 is 8.98 Å². The van der Waals surface area contributed by atoms with Gasteiger partial charge in [0.15, 0.2) is 0 Å². The molecule has 1 aromatic carbocycles. The van der Waals surface area contributed by atoms with Gasteiger partial charge in [-0.1, -0.05) is 6.07 Å². The fourth-order valence-corrected chi connectivity index (χ4v) is 3.84. The number of aryl methyl sites for hydroxylation is 2. The van der Waals surface area contributed by atoms with Crippen molar-refractivity contribution in [3.63, 3.8) is 0 Å². The number of pyridine rings is 1. The van der Waals surface area contributed by atoms with Gasteiger partial charge >= 0.3 is 0 Å². The Balaban J connectivity index is 1.47. The molecule has 6 rings (SSSR count). The third-order valence-corrected chi connectivity index (χ3v) is 5.68. The number of benzene rings is 1. The smallest absolute Gasteiger partial charge is 0.267 e. The Labute approximate surface area is 182 Å². The standard InChI is InChI=1S/C23H19N7O2/c1-13-8-18-16(9-20(13)29-10-19(24-11-29)15-6-7-15)23(31)30(12-25-18)21-5-3-4-17(26-21)22-28-27-14(2)32-22/h3-5,8-12,15H,6-7H2,1-2H3. The minimum atomic E-state index is -0.204. The molecule has 1 saturated carbocycles. The van der Waals surface area contributed by atoms with Crippen LogP contribution in [-0.2, 0) is 0 Å². The van der Waals surface area contributed by atoms with Crippen LogP contribution in [0.3, 0.4) is 0 Å². The zero-order valence-electron chi connectivity index (χ0n) is 17.6. The molecule has 1 fully saturated rings. The molecule has 1 aliphatic carbocycles. The van der Waals surface area contributed by atoms with Crippen LogP contribution in [0.25, 0.3) is 34.0 Å². The number of nitrogens with zero attached hydrogens (tertiary/aromatic N) is 7. The molecule has 9 heteroatoms. The van der Waals surface area contributed by atoms with Crippen molar-refractivity contribution in [3.05, 3.63) is 76.7 Å². The first-order valence-electron chi connectivity index (χ1n) is 10.4. The first kappa shape index (κ1) is 18.6. The number of imidazole rings is 1. The maximum absolute atomic E-state index is 13.4. The van der Waals surface area contributed by atoms with Crippen molar-refractivity contribution in [1.29, 1.82) is 0 Å². The molecule has 0 unspecified atom stereocenters. The fourth-order valence-electron chi connectivity index (χ4n) is 3.84. The lowest BCUT2D eigenvalue weighted by Crippen LogP contribution is -2.20. The largest absolute Gasteiger partial charge is 0.420 e. The van der Waals surface area contributed by atoms with Crippen LogP contribution in [0.15, 0.2) is 58.4 Å². The summed E-state index contributed by atoms with van der Waals surface area (Å²) in [5, 5.41) is 8.36. The Kier molecular flexibility index (Phi) is 4.04. The number of hydrogen-bond acceptors (Lipinski definition) is 7. The number of rotatable bonds is 4. The molecule has 5 aromatic rings. The molecule has 9 nitrogen and oxygen atoms in total. The van der Waals surface area contributed by atoms with E-state index in [0.29, 0.717) is 40.1 Å². The van der Waals surface area contributed by atoms with Crippen LogP contribution in [0, 0.1) is 13.8 Å². The summed E-state index contributed by atoms with van der Waals surface area (Å²) in [5.74, 6) is 1.75. The molecule has 0 bridgehead atoms. The van der Waals surface area contributed by atoms with Gasteiger partial charge in [0.1, 0.15) is 17.8 Å². The lowest BCUT2D eigenvalue weighted by molar-refractivity contribution is 0.531. The molecule has 1 aliphatic rings. The SMILES string of the molecule is Cc1nnc(-c2cccc(-n3cnc4cc(C)c(-n5cnc(C6CC6)c5)cc4c3=O)n2)o1. The van der Waals surface area contributed by atoms with Crippen LogP contribution in [0.2, 0.25) is 0 Å². The highest BCUT2D eigenvalue weighted by molar-refractivity contribution is 5.81. The van der Waals surface area contributed by atoms with E-state index in [0.717, 1.165) is 16.9 Å². The van der Waals surface area contributed by atoms with Gasteiger partial charge in [-0.25, -0.2) is 15.0 Å². The Hall–Kier alpha value is -4.14. The second kappa shape index (κ2) is 6.94. The van der Waals surface area contributed by atoms with Crippen LogP contribution in [0.1, 0.15) is 35.9 Å². The molecule has 0 saturated heterocycles. The molecule has 0 N–H and O–H groups in total.